The van der Waals surface area contributed by atoms with E-state index in [4.69, 9.17) is 14.2 Å². The van der Waals surface area contributed by atoms with Gasteiger partial charge < -0.3 is 14.2 Å². The third kappa shape index (κ3) is 5.17. The number of hydrogen-bond donors (Lipinski definition) is 0. The molecule has 0 radical (unpaired) electrons. The lowest BCUT2D eigenvalue weighted by atomic mass is 10.2. The van der Waals surface area contributed by atoms with E-state index in [1.165, 1.54) is 5.56 Å². The van der Waals surface area contributed by atoms with Crippen molar-refractivity contribution in [3.63, 3.8) is 0 Å². The van der Waals surface area contributed by atoms with E-state index in [-0.39, 0.29) is 6.10 Å². The van der Waals surface area contributed by atoms with Crippen LogP contribution in [0.15, 0.2) is 30.3 Å². The Balaban J connectivity index is 1.42. The maximum absolute atomic E-state index is 5.65. The molecule has 100 valence electrons. The van der Waals surface area contributed by atoms with Gasteiger partial charge in [-0.2, -0.15) is 0 Å². The van der Waals surface area contributed by atoms with Crippen LogP contribution in [0.3, 0.4) is 0 Å². The van der Waals surface area contributed by atoms with Gasteiger partial charge in [-0.25, -0.2) is 0 Å². The van der Waals surface area contributed by atoms with E-state index in [9.17, 15) is 0 Å². The molecule has 1 heterocycles. The van der Waals surface area contributed by atoms with E-state index >= 15 is 0 Å². The number of benzene rings is 1. The largest absolute Gasteiger partial charge is 0.377 e. The third-order valence-electron chi connectivity index (χ3n) is 3.06. The van der Waals surface area contributed by atoms with Crippen molar-refractivity contribution in [3.05, 3.63) is 35.9 Å². The van der Waals surface area contributed by atoms with Crippen LogP contribution >= 0.6 is 0 Å². The van der Waals surface area contributed by atoms with Crippen LogP contribution < -0.4 is 0 Å². The van der Waals surface area contributed by atoms with Gasteiger partial charge in [-0.3, -0.25) is 0 Å². The standard InChI is InChI=1S/C15H22O3/c1-13(15-12-18-15)17-10-6-5-9-16-11-14-7-3-2-4-8-14/h2-4,7-8,13,15H,5-6,9-12H2,1H3/t13-,15-/m0/s1. The van der Waals surface area contributed by atoms with Crippen molar-refractivity contribution in [3.8, 4) is 0 Å². The first-order valence-electron chi connectivity index (χ1n) is 6.71. The summed E-state index contributed by atoms with van der Waals surface area (Å²) in [6.07, 6.45) is 2.69. The summed E-state index contributed by atoms with van der Waals surface area (Å²) in [6.45, 7) is 5.24. The number of unbranched alkanes of at least 4 members (excludes halogenated alkanes) is 1. The van der Waals surface area contributed by atoms with Crippen LogP contribution in [0.5, 0.6) is 0 Å². The van der Waals surface area contributed by atoms with Crippen LogP contribution in [0.25, 0.3) is 0 Å². The van der Waals surface area contributed by atoms with E-state index in [0.717, 1.165) is 32.7 Å². The first-order valence-corrected chi connectivity index (χ1v) is 6.71. The number of hydrogen-bond acceptors (Lipinski definition) is 3. The van der Waals surface area contributed by atoms with Gasteiger partial charge in [0.05, 0.1) is 19.3 Å². The second-order valence-corrected chi connectivity index (χ2v) is 4.69. The molecule has 1 fully saturated rings. The molecule has 0 aromatic heterocycles. The molecule has 0 bridgehead atoms. The van der Waals surface area contributed by atoms with E-state index in [2.05, 4.69) is 19.1 Å². The number of rotatable bonds is 9. The number of ether oxygens (including phenoxy) is 3. The normalized spacial score (nSPS) is 19.7. The zero-order valence-electron chi connectivity index (χ0n) is 11.0. The van der Waals surface area contributed by atoms with E-state index in [1.54, 1.807) is 0 Å². The Bertz CT molecular complexity index is 322. The highest BCUT2D eigenvalue weighted by Gasteiger charge is 2.29. The minimum absolute atomic E-state index is 0.246. The van der Waals surface area contributed by atoms with Crippen molar-refractivity contribution in [2.24, 2.45) is 0 Å². The predicted octanol–water partition coefficient (Wildman–Crippen LogP) is 2.79. The summed E-state index contributed by atoms with van der Waals surface area (Å²) in [7, 11) is 0. The van der Waals surface area contributed by atoms with Crippen molar-refractivity contribution in [2.45, 2.75) is 38.6 Å². The molecule has 3 nitrogen and oxygen atoms in total. The van der Waals surface area contributed by atoms with Crippen LogP contribution in [0.4, 0.5) is 0 Å². The topological polar surface area (TPSA) is 31.0 Å². The average Bonchev–Trinajstić information content (AvgIpc) is 3.23. The maximum atomic E-state index is 5.65. The van der Waals surface area contributed by atoms with Gasteiger partial charge in [-0.1, -0.05) is 30.3 Å². The summed E-state index contributed by atoms with van der Waals surface area (Å²) >= 11 is 0. The van der Waals surface area contributed by atoms with E-state index < -0.39 is 0 Å². The van der Waals surface area contributed by atoms with Crippen molar-refractivity contribution in [2.75, 3.05) is 19.8 Å². The summed E-state index contributed by atoms with van der Waals surface area (Å²) in [4.78, 5) is 0. The molecule has 1 aromatic carbocycles. The molecule has 0 amide bonds. The summed E-state index contributed by atoms with van der Waals surface area (Å²) < 4.78 is 16.4. The second-order valence-electron chi connectivity index (χ2n) is 4.69. The highest BCUT2D eigenvalue weighted by molar-refractivity contribution is 5.13. The average molecular weight is 250 g/mol. The quantitative estimate of drug-likeness (QED) is 0.499. The Morgan fingerprint density at radius 3 is 2.67 bits per heavy atom. The summed E-state index contributed by atoms with van der Waals surface area (Å²) in [5.74, 6) is 0. The Hall–Kier alpha value is -0.900. The van der Waals surface area contributed by atoms with Crippen LogP contribution in [0.2, 0.25) is 0 Å². The molecular formula is C15H22O3. The van der Waals surface area contributed by atoms with E-state index in [1.807, 2.05) is 18.2 Å². The first kappa shape index (κ1) is 13.5. The monoisotopic (exact) mass is 250 g/mol. The third-order valence-corrected chi connectivity index (χ3v) is 3.06. The fourth-order valence-corrected chi connectivity index (χ4v) is 1.77. The molecule has 2 rings (SSSR count). The molecule has 0 saturated carbocycles. The molecule has 0 unspecified atom stereocenters. The predicted molar refractivity (Wildman–Crippen MR) is 70.5 cm³/mol. The van der Waals surface area contributed by atoms with Crippen molar-refractivity contribution in [1.82, 2.24) is 0 Å². The molecule has 3 heteroatoms. The van der Waals surface area contributed by atoms with Gasteiger partial charge in [0.25, 0.3) is 0 Å². The molecule has 1 aliphatic heterocycles. The van der Waals surface area contributed by atoms with Gasteiger partial charge in [0, 0.05) is 13.2 Å². The fraction of sp³-hybridized carbons (Fsp3) is 0.600. The summed E-state index contributed by atoms with van der Waals surface area (Å²) in [5, 5.41) is 0. The van der Waals surface area contributed by atoms with Crippen LogP contribution in [-0.4, -0.2) is 32.0 Å². The number of epoxide rings is 1. The van der Waals surface area contributed by atoms with Gasteiger partial charge in [-0.15, -0.1) is 0 Å². The first-order chi connectivity index (χ1) is 8.86. The van der Waals surface area contributed by atoms with Gasteiger partial charge in [0.1, 0.15) is 6.10 Å². The Labute approximate surface area is 109 Å². The highest BCUT2D eigenvalue weighted by Crippen LogP contribution is 2.16. The molecule has 0 N–H and O–H groups in total. The molecule has 1 aliphatic rings. The Morgan fingerprint density at radius 1 is 1.22 bits per heavy atom. The van der Waals surface area contributed by atoms with Crippen molar-refractivity contribution >= 4 is 0 Å². The summed E-state index contributed by atoms with van der Waals surface area (Å²) in [6, 6.07) is 10.3. The molecule has 18 heavy (non-hydrogen) atoms. The van der Waals surface area contributed by atoms with Gasteiger partial charge in [-0.05, 0) is 25.3 Å². The lowest BCUT2D eigenvalue weighted by molar-refractivity contribution is 0.0377. The van der Waals surface area contributed by atoms with Crippen molar-refractivity contribution in [1.29, 1.82) is 0 Å². The minimum Gasteiger partial charge on any atom is -0.377 e. The van der Waals surface area contributed by atoms with Crippen LogP contribution in [-0.2, 0) is 20.8 Å². The zero-order chi connectivity index (χ0) is 12.6. The SMILES string of the molecule is C[C@H](OCCCCOCc1ccccc1)[C@@H]1CO1. The lowest BCUT2D eigenvalue weighted by Crippen LogP contribution is -2.16. The Morgan fingerprint density at radius 2 is 1.94 bits per heavy atom. The molecule has 0 spiro atoms. The molecule has 1 aromatic rings. The lowest BCUT2D eigenvalue weighted by Gasteiger charge is -2.10. The molecule has 2 atom stereocenters. The van der Waals surface area contributed by atoms with Crippen LogP contribution in [0, 0.1) is 0 Å². The summed E-state index contributed by atoms with van der Waals surface area (Å²) in [5.41, 5.74) is 1.23. The van der Waals surface area contributed by atoms with Crippen molar-refractivity contribution < 1.29 is 14.2 Å². The smallest absolute Gasteiger partial charge is 0.107 e. The maximum Gasteiger partial charge on any atom is 0.107 e. The second kappa shape index (κ2) is 7.52. The molecule has 0 aliphatic carbocycles. The zero-order valence-corrected chi connectivity index (χ0v) is 11.0. The van der Waals surface area contributed by atoms with Gasteiger partial charge >= 0.3 is 0 Å². The van der Waals surface area contributed by atoms with Gasteiger partial charge in [0.2, 0.25) is 0 Å². The van der Waals surface area contributed by atoms with Crippen LogP contribution in [0.1, 0.15) is 25.3 Å². The fourth-order valence-electron chi connectivity index (χ4n) is 1.77. The highest BCUT2D eigenvalue weighted by atomic mass is 16.6. The van der Waals surface area contributed by atoms with E-state index in [0.29, 0.717) is 12.7 Å². The Kier molecular flexibility index (Phi) is 5.65. The minimum atomic E-state index is 0.246. The van der Waals surface area contributed by atoms with Gasteiger partial charge in [0.15, 0.2) is 0 Å². The molecule has 1 saturated heterocycles. The molecular weight excluding hydrogens is 228 g/mol.